The van der Waals surface area contributed by atoms with Crippen molar-refractivity contribution in [2.24, 2.45) is 0 Å². The molecular formula is C26H21NO6. The fourth-order valence-electron chi connectivity index (χ4n) is 4.12. The number of carbonyl (C=O) groups is 1. The monoisotopic (exact) mass is 443 g/mol. The van der Waals surface area contributed by atoms with E-state index in [1.54, 1.807) is 62.8 Å². The molecule has 0 spiro atoms. The quantitative estimate of drug-likeness (QED) is 0.462. The Hall–Kier alpha value is -4.26. The molecule has 5 rings (SSSR count). The van der Waals surface area contributed by atoms with E-state index in [1.807, 2.05) is 24.3 Å². The number of rotatable bonds is 5. The van der Waals surface area contributed by atoms with Crippen LogP contribution in [-0.2, 0) is 4.79 Å². The molecule has 0 aliphatic carbocycles. The first-order valence-electron chi connectivity index (χ1n) is 10.4. The maximum Gasteiger partial charge on any atom is 0.344 e. The summed E-state index contributed by atoms with van der Waals surface area (Å²) >= 11 is 0. The molecule has 7 heteroatoms. The molecular weight excluding hydrogens is 422 g/mol. The topological polar surface area (TPSA) is 87.0 Å². The van der Waals surface area contributed by atoms with Crippen molar-refractivity contribution in [1.82, 2.24) is 0 Å². The molecule has 0 radical (unpaired) electrons. The van der Waals surface area contributed by atoms with Crippen LogP contribution in [0.4, 0.5) is 5.69 Å². The highest BCUT2D eigenvalue weighted by molar-refractivity contribution is 5.97. The van der Waals surface area contributed by atoms with Gasteiger partial charge in [-0.05, 0) is 54.1 Å². The third-order valence-electron chi connectivity index (χ3n) is 5.75. The summed E-state index contributed by atoms with van der Waals surface area (Å²) < 4.78 is 22.2. The van der Waals surface area contributed by atoms with Gasteiger partial charge in [-0.3, -0.25) is 4.79 Å². The lowest BCUT2D eigenvalue weighted by atomic mass is 9.88. The highest BCUT2D eigenvalue weighted by Crippen LogP contribution is 2.44. The molecule has 7 nitrogen and oxygen atoms in total. The molecule has 0 saturated heterocycles. The summed E-state index contributed by atoms with van der Waals surface area (Å²) in [6, 6.07) is 21.3. The predicted octanol–water partition coefficient (Wildman–Crippen LogP) is 4.34. The Morgan fingerprint density at radius 1 is 0.879 bits per heavy atom. The van der Waals surface area contributed by atoms with Gasteiger partial charge in [0.25, 0.3) is 5.91 Å². The number of para-hydroxylation sites is 1. The molecule has 33 heavy (non-hydrogen) atoms. The van der Waals surface area contributed by atoms with Gasteiger partial charge in [0.2, 0.25) is 0 Å². The van der Waals surface area contributed by atoms with Crippen molar-refractivity contribution in [3.05, 3.63) is 94.3 Å². The minimum absolute atomic E-state index is 0.328. The first-order valence-corrected chi connectivity index (χ1v) is 10.4. The molecule has 1 aromatic heterocycles. The third-order valence-corrected chi connectivity index (χ3v) is 5.75. The van der Waals surface area contributed by atoms with E-state index in [9.17, 15) is 9.59 Å². The van der Waals surface area contributed by atoms with Crippen LogP contribution >= 0.6 is 0 Å². The van der Waals surface area contributed by atoms with Gasteiger partial charge in [-0.2, -0.15) is 0 Å². The molecule has 1 aliphatic rings. The summed E-state index contributed by atoms with van der Waals surface area (Å²) in [4.78, 5) is 26.4. The fraction of sp³-hybridized carbons (Fsp3) is 0.154. The van der Waals surface area contributed by atoms with E-state index in [2.05, 4.69) is 5.32 Å². The molecule has 4 aromatic rings. The van der Waals surface area contributed by atoms with E-state index >= 15 is 0 Å². The van der Waals surface area contributed by atoms with E-state index < -0.39 is 17.6 Å². The zero-order valence-corrected chi connectivity index (χ0v) is 18.0. The standard InChI is InChI=1S/C26H21NO6/c1-30-17-11-7-15(8-12-17)21-22-23(19-5-3-4-6-20(19)32-26(22)29)33-24(21)25(28)27-16-9-13-18(31-2)14-10-16/h3-14,21,24H,1-2H3,(H,27,28)/t21-,24-/m1/s1. The number of methoxy groups -OCH3 is 2. The Morgan fingerprint density at radius 2 is 1.52 bits per heavy atom. The summed E-state index contributed by atoms with van der Waals surface area (Å²) in [5, 5.41) is 3.53. The van der Waals surface area contributed by atoms with Crippen LogP contribution in [0.2, 0.25) is 0 Å². The fourth-order valence-corrected chi connectivity index (χ4v) is 4.12. The summed E-state index contributed by atoms with van der Waals surface area (Å²) in [6.07, 6.45) is -0.968. The van der Waals surface area contributed by atoms with E-state index in [0.717, 1.165) is 5.56 Å². The van der Waals surface area contributed by atoms with E-state index in [-0.39, 0.29) is 5.91 Å². The van der Waals surface area contributed by atoms with Gasteiger partial charge in [0.15, 0.2) is 6.10 Å². The SMILES string of the molecule is COc1ccc(NC(=O)[C@@H]2Oc3c(c(=O)oc4ccccc34)[C@H]2c2ccc(OC)cc2)cc1. The third kappa shape index (κ3) is 3.67. The van der Waals surface area contributed by atoms with Crippen LogP contribution in [-0.4, -0.2) is 26.2 Å². The van der Waals surface area contributed by atoms with Gasteiger partial charge in [0.05, 0.1) is 31.1 Å². The number of carbonyl (C=O) groups excluding carboxylic acids is 1. The smallest absolute Gasteiger partial charge is 0.344 e. The molecule has 166 valence electrons. The summed E-state index contributed by atoms with van der Waals surface area (Å²) in [7, 11) is 3.15. The molecule has 1 N–H and O–H groups in total. The zero-order chi connectivity index (χ0) is 22.9. The van der Waals surface area contributed by atoms with E-state index in [1.165, 1.54) is 0 Å². The van der Waals surface area contributed by atoms with Gasteiger partial charge in [0.1, 0.15) is 22.8 Å². The highest BCUT2D eigenvalue weighted by atomic mass is 16.5. The van der Waals surface area contributed by atoms with Crippen molar-refractivity contribution in [3.63, 3.8) is 0 Å². The lowest BCUT2D eigenvalue weighted by Crippen LogP contribution is -2.35. The maximum absolute atomic E-state index is 13.4. The van der Waals surface area contributed by atoms with Crippen LogP contribution < -0.4 is 25.2 Å². The van der Waals surface area contributed by atoms with Gasteiger partial charge in [0, 0.05) is 5.69 Å². The van der Waals surface area contributed by atoms with Gasteiger partial charge in [-0.15, -0.1) is 0 Å². The number of amides is 1. The van der Waals surface area contributed by atoms with Crippen LogP contribution in [0.3, 0.4) is 0 Å². The number of anilines is 1. The Morgan fingerprint density at radius 3 is 2.18 bits per heavy atom. The Labute approximate surface area is 189 Å². The van der Waals surface area contributed by atoms with Crippen LogP contribution in [0.5, 0.6) is 17.2 Å². The first kappa shape index (κ1) is 20.6. The largest absolute Gasteiger partial charge is 0.497 e. The van der Waals surface area contributed by atoms with E-state index in [4.69, 9.17) is 18.6 Å². The van der Waals surface area contributed by atoms with Crippen molar-refractivity contribution in [1.29, 1.82) is 0 Å². The van der Waals surface area contributed by atoms with Crippen molar-refractivity contribution >= 4 is 22.6 Å². The molecule has 0 unspecified atom stereocenters. The number of hydrogen-bond donors (Lipinski definition) is 1. The second-order valence-corrected chi connectivity index (χ2v) is 7.64. The minimum atomic E-state index is -0.968. The lowest BCUT2D eigenvalue weighted by molar-refractivity contribution is -0.122. The van der Waals surface area contributed by atoms with Crippen LogP contribution in [0.15, 0.2) is 82.0 Å². The molecule has 0 fully saturated rings. The second kappa shape index (κ2) is 8.35. The average molecular weight is 443 g/mol. The lowest BCUT2D eigenvalue weighted by Gasteiger charge is -2.19. The van der Waals surface area contributed by atoms with Crippen molar-refractivity contribution < 1.29 is 23.4 Å². The Balaban J connectivity index is 1.59. The Bertz CT molecular complexity index is 1380. The highest BCUT2D eigenvalue weighted by Gasteiger charge is 2.44. The molecule has 2 heterocycles. The molecule has 1 aliphatic heterocycles. The van der Waals surface area contributed by atoms with Gasteiger partial charge in [-0.25, -0.2) is 4.79 Å². The maximum atomic E-state index is 13.4. The first-order chi connectivity index (χ1) is 16.1. The predicted molar refractivity (Wildman–Crippen MR) is 123 cm³/mol. The van der Waals surface area contributed by atoms with E-state index in [0.29, 0.717) is 39.5 Å². The normalized spacial score (nSPS) is 16.7. The van der Waals surface area contributed by atoms with Crippen LogP contribution in [0, 0.1) is 0 Å². The number of nitrogens with one attached hydrogen (secondary N) is 1. The summed E-state index contributed by atoms with van der Waals surface area (Å²) in [5.41, 5.74) is 1.54. The molecule has 2 atom stereocenters. The number of benzene rings is 3. The minimum Gasteiger partial charge on any atom is -0.497 e. The van der Waals surface area contributed by atoms with Crippen LogP contribution in [0.25, 0.3) is 11.0 Å². The van der Waals surface area contributed by atoms with Gasteiger partial charge >= 0.3 is 5.63 Å². The number of hydrogen-bond acceptors (Lipinski definition) is 6. The number of fused-ring (bicyclic) bond motifs is 3. The van der Waals surface area contributed by atoms with Crippen molar-refractivity contribution in [2.45, 2.75) is 12.0 Å². The molecule has 0 bridgehead atoms. The second-order valence-electron chi connectivity index (χ2n) is 7.64. The Kier molecular flexibility index (Phi) is 5.22. The van der Waals surface area contributed by atoms with Crippen LogP contribution in [0.1, 0.15) is 17.0 Å². The van der Waals surface area contributed by atoms with Gasteiger partial charge in [-0.1, -0.05) is 24.3 Å². The number of ether oxygens (including phenoxy) is 3. The van der Waals surface area contributed by atoms with Gasteiger partial charge < -0.3 is 23.9 Å². The summed E-state index contributed by atoms with van der Waals surface area (Å²) in [5.74, 6) is 0.698. The zero-order valence-electron chi connectivity index (χ0n) is 18.0. The molecule has 1 amide bonds. The average Bonchev–Trinajstić information content (AvgIpc) is 3.26. The summed E-state index contributed by atoms with van der Waals surface area (Å²) in [6.45, 7) is 0. The van der Waals surface area contributed by atoms with Crippen molar-refractivity contribution in [2.75, 3.05) is 19.5 Å². The molecule has 0 saturated carbocycles. The molecule has 3 aromatic carbocycles. The van der Waals surface area contributed by atoms with Crippen molar-refractivity contribution in [3.8, 4) is 17.2 Å².